The zero-order chi connectivity index (χ0) is 29.7. The van der Waals surface area contributed by atoms with Crippen molar-refractivity contribution >= 4 is 0 Å². The van der Waals surface area contributed by atoms with Crippen molar-refractivity contribution in [1.29, 1.82) is 0 Å². The van der Waals surface area contributed by atoms with Gasteiger partial charge in [0.1, 0.15) is 5.82 Å². The molecule has 2 atom stereocenters. The van der Waals surface area contributed by atoms with Crippen LogP contribution in [0.2, 0.25) is 0 Å². The number of unbranched alkanes of at least 4 members (excludes halogenated alkanes) is 15. The van der Waals surface area contributed by atoms with Gasteiger partial charge in [0.15, 0.2) is 0 Å². The van der Waals surface area contributed by atoms with Gasteiger partial charge in [0, 0.05) is 30.3 Å². The fraction of sp³-hybridized carbons (Fsp3) is 0.625. The molecule has 2 nitrogen and oxygen atoms in total. The molecule has 0 saturated heterocycles. The van der Waals surface area contributed by atoms with Crippen LogP contribution < -0.4 is 0 Å². The van der Waals surface area contributed by atoms with Crippen molar-refractivity contribution in [3.05, 3.63) is 90.0 Å². The predicted molar refractivity (Wildman–Crippen MR) is 183 cm³/mol. The van der Waals surface area contributed by atoms with Crippen LogP contribution >= 0.6 is 0 Å². The van der Waals surface area contributed by atoms with E-state index in [1.54, 1.807) is 0 Å². The van der Waals surface area contributed by atoms with Crippen LogP contribution in [0.4, 0.5) is 0 Å². The predicted octanol–water partition coefficient (Wildman–Crippen LogP) is 12.2. The summed E-state index contributed by atoms with van der Waals surface area (Å²) in [7, 11) is 0. The van der Waals surface area contributed by atoms with Crippen molar-refractivity contribution in [2.45, 2.75) is 161 Å². The lowest BCUT2D eigenvalue weighted by Crippen LogP contribution is -2.35. The summed E-state index contributed by atoms with van der Waals surface area (Å²) in [5.41, 5.74) is 2.84. The molecule has 0 radical (unpaired) electrons. The first-order chi connectivity index (χ1) is 20.7. The summed E-state index contributed by atoms with van der Waals surface area (Å²) in [5, 5.41) is 0. The largest absolute Gasteiger partial charge is 0.335 e. The lowest BCUT2D eigenvalue weighted by atomic mass is 9.66. The second kappa shape index (κ2) is 20.5. The van der Waals surface area contributed by atoms with Gasteiger partial charge in [-0.3, -0.25) is 0 Å². The average molecular weight is 571 g/mol. The SMILES string of the molecule is CCCCCCCCCCCn1ccnc1C(CCCCCCCCCC)C(C)(Cc1ccccc1)c1ccccc1. The first kappa shape index (κ1) is 34.1. The maximum Gasteiger partial charge on any atom is 0.112 e. The quantitative estimate of drug-likeness (QED) is 0.0979. The number of hydrogen-bond acceptors (Lipinski definition) is 1. The third kappa shape index (κ3) is 11.7. The van der Waals surface area contributed by atoms with Crippen LogP contribution in [0.1, 0.15) is 159 Å². The van der Waals surface area contributed by atoms with Gasteiger partial charge in [-0.15, -0.1) is 0 Å². The number of aromatic nitrogens is 2. The van der Waals surface area contributed by atoms with E-state index in [2.05, 4.69) is 98.4 Å². The lowest BCUT2D eigenvalue weighted by Gasteiger charge is -2.39. The summed E-state index contributed by atoms with van der Waals surface area (Å²) in [6, 6.07) is 22.5. The van der Waals surface area contributed by atoms with Crippen LogP contribution in [0.3, 0.4) is 0 Å². The highest BCUT2D eigenvalue weighted by atomic mass is 15.1. The Labute approximate surface area is 259 Å². The summed E-state index contributed by atoms with van der Waals surface area (Å²) in [6.07, 6.45) is 29.7. The van der Waals surface area contributed by atoms with E-state index in [0.29, 0.717) is 5.92 Å². The highest BCUT2D eigenvalue weighted by Crippen LogP contribution is 2.44. The van der Waals surface area contributed by atoms with E-state index in [-0.39, 0.29) is 5.41 Å². The van der Waals surface area contributed by atoms with E-state index in [1.165, 1.54) is 133 Å². The van der Waals surface area contributed by atoms with E-state index < -0.39 is 0 Å². The van der Waals surface area contributed by atoms with Crippen molar-refractivity contribution in [3.8, 4) is 0 Å². The van der Waals surface area contributed by atoms with Gasteiger partial charge in [0.2, 0.25) is 0 Å². The molecule has 2 aromatic carbocycles. The minimum atomic E-state index is -0.0225. The number of benzene rings is 2. The zero-order valence-electron chi connectivity index (χ0n) is 27.5. The molecule has 2 unspecified atom stereocenters. The van der Waals surface area contributed by atoms with E-state index >= 15 is 0 Å². The molecule has 0 fully saturated rings. The number of aryl methyl sites for hydroxylation is 1. The van der Waals surface area contributed by atoms with Crippen molar-refractivity contribution in [3.63, 3.8) is 0 Å². The Bertz CT molecular complexity index is 1040. The molecule has 0 N–H and O–H groups in total. The van der Waals surface area contributed by atoms with Crippen molar-refractivity contribution in [1.82, 2.24) is 9.55 Å². The molecule has 3 rings (SSSR count). The van der Waals surface area contributed by atoms with Gasteiger partial charge >= 0.3 is 0 Å². The molecule has 0 saturated carbocycles. The molecule has 2 heteroatoms. The van der Waals surface area contributed by atoms with Crippen molar-refractivity contribution in [2.24, 2.45) is 0 Å². The van der Waals surface area contributed by atoms with Crippen LogP contribution in [0, 0.1) is 0 Å². The van der Waals surface area contributed by atoms with Crippen LogP contribution in [0.15, 0.2) is 73.1 Å². The molecule has 232 valence electrons. The molecule has 1 aromatic heterocycles. The molecule has 0 aliphatic heterocycles. The maximum atomic E-state index is 5.12. The van der Waals surface area contributed by atoms with E-state index in [4.69, 9.17) is 4.98 Å². The first-order valence-corrected chi connectivity index (χ1v) is 17.8. The number of nitrogens with zero attached hydrogens (tertiary/aromatic N) is 2. The second-order valence-corrected chi connectivity index (χ2v) is 13.1. The number of rotatable bonds is 24. The smallest absolute Gasteiger partial charge is 0.112 e. The Hall–Kier alpha value is -2.35. The highest BCUT2D eigenvalue weighted by molar-refractivity contribution is 5.33. The van der Waals surface area contributed by atoms with Gasteiger partial charge in [-0.1, -0.05) is 184 Å². The van der Waals surface area contributed by atoms with E-state index in [1.807, 2.05) is 0 Å². The molecule has 0 bridgehead atoms. The summed E-state index contributed by atoms with van der Waals surface area (Å²) in [6.45, 7) is 8.21. The Morgan fingerprint density at radius 1 is 0.619 bits per heavy atom. The summed E-state index contributed by atoms with van der Waals surface area (Å²) < 4.78 is 2.52. The van der Waals surface area contributed by atoms with Crippen molar-refractivity contribution in [2.75, 3.05) is 0 Å². The van der Waals surface area contributed by atoms with Gasteiger partial charge in [-0.2, -0.15) is 0 Å². The summed E-state index contributed by atoms with van der Waals surface area (Å²) in [5.74, 6) is 1.69. The normalized spacial score (nSPS) is 13.7. The first-order valence-electron chi connectivity index (χ1n) is 17.8. The Morgan fingerprint density at radius 3 is 1.69 bits per heavy atom. The summed E-state index contributed by atoms with van der Waals surface area (Å²) in [4.78, 5) is 5.12. The molecular formula is C40H62N2. The molecule has 42 heavy (non-hydrogen) atoms. The topological polar surface area (TPSA) is 17.8 Å². The summed E-state index contributed by atoms with van der Waals surface area (Å²) >= 11 is 0. The second-order valence-electron chi connectivity index (χ2n) is 13.1. The zero-order valence-corrected chi connectivity index (χ0v) is 27.5. The van der Waals surface area contributed by atoms with Crippen LogP contribution in [0.25, 0.3) is 0 Å². The number of hydrogen-bond donors (Lipinski definition) is 0. The van der Waals surface area contributed by atoms with Crippen LogP contribution in [-0.4, -0.2) is 9.55 Å². The Kier molecular flexibility index (Phi) is 16.7. The van der Waals surface area contributed by atoms with Crippen molar-refractivity contribution < 1.29 is 0 Å². The molecule has 1 heterocycles. The molecule has 0 amide bonds. The Morgan fingerprint density at radius 2 is 1.12 bits per heavy atom. The van der Waals surface area contributed by atoms with Gasteiger partial charge in [-0.25, -0.2) is 4.98 Å². The molecule has 0 spiro atoms. The Balaban J connectivity index is 1.72. The fourth-order valence-corrected chi connectivity index (χ4v) is 6.89. The van der Waals surface area contributed by atoms with Gasteiger partial charge in [0.05, 0.1) is 0 Å². The van der Waals surface area contributed by atoms with Gasteiger partial charge in [-0.05, 0) is 30.4 Å². The minimum absolute atomic E-state index is 0.0225. The standard InChI is InChI=1S/C40H62N2/c1-4-6-8-10-12-14-16-18-26-33-42-34-32-41-39(42)38(31-25-17-15-13-11-9-7-5-2)40(3,37-29-23-20-24-30-37)35-36-27-21-19-22-28-36/h19-24,27-30,32,34,38H,4-18,25-26,31,33,35H2,1-3H3. The monoisotopic (exact) mass is 570 g/mol. The molecule has 0 aliphatic carbocycles. The minimum Gasteiger partial charge on any atom is -0.335 e. The third-order valence-corrected chi connectivity index (χ3v) is 9.52. The van der Waals surface area contributed by atoms with Crippen LogP contribution in [0.5, 0.6) is 0 Å². The lowest BCUT2D eigenvalue weighted by molar-refractivity contribution is 0.321. The third-order valence-electron chi connectivity index (χ3n) is 9.52. The number of imidazole rings is 1. The van der Waals surface area contributed by atoms with E-state index in [9.17, 15) is 0 Å². The van der Waals surface area contributed by atoms with Gasteiger partial charge in [0.25, 0.3) is 0 Å². The molecular weight excluding hydrogens is 508 g/mol. The van der Waals surface area contributed by atoms with E-state index in [0.717, 1.165) is 13.0 Å². The highest BCUT2D eigenvalue weighted by Gasteiger charge is 2.39. The fourth-order valence-electron chi connectivity index (χ4n) is 6.89. The van der Waals surface area contributed by atoms with Crippen LogP contribution in [-0.2, 0) is 18.4 Å². The molecule has 3 aromatic rings. The van der Waals surface area contributed by atoms with Gasteiger partial charge < -0.3 is 4.57 Å². The maximum absolute atomic E-state index is 5.12. The average Bonchev–Trinajstić information content (AvgIpc) is 3.48. The molecule has 0 aliphatic rings.